The van der Waals surface area contributed by atoms with E-state index in [0.717, 1.165) is 21.6 Å². The van der Waals surface area contributed by atoms with E-state index in [-0.39, 0.29) is 6.54 Å². The zero-order valence-electron chi connectivity index (χ0n) is 16.2. The third-order valence-electron chi connectivity index (χ3n) is 4.98. The number of carbonyl (C=O) groups excluding carboxylic acids is 3. The van der Waals surface area contributed by atoms with Crippen LogP contribution in [0.3, 0.4) is 0 Å². The minimum Gasteiger partial charge on any atom is -0.325 e. The monoisotopic (exact) mass is 399 g/mol. The van der Waals surface area contributed by atoms with Gasteiger partial charge >= 0.3 is 6.03 Å². The van der Waals surface area contributed by atoms with Crippen molar-refractivity contribution in [2.24, 2.45) is 0 Å². The molecule has 1 unspecified atom stereocenters. The summed E-state index contributed by atoms with van der Waals surface area (Å²) in [5.41, 5.74) is 3.40. The molecule has 3 aromatic carbocycles. The Morgan fingerprint density at radius 3 is 2.23 bits per heavy atom. The van der Waals surface area contributed by atoms with Crippen molar-refractivity contribution < 1.29 is 14.4 Å². The molecule has 1 heterocycles. The van der Waals surface area contributed by atoms with Gasteiger partial charge < -0.3 is 10.6 Å². The van der Waals surface area contributed by atoms with Gasteiger partial charge in [0.25, 0.3) is 5.91 Å². The summed E-state index contributed by atoms with van der Waals surface area (Å²) < 4.78 is 0. The summed E-state index contributed by atoms with van der Waals surface area (Å²) in [6, 6.07) is 25.3. The first-order valence-electron chi connectivity index (χ1n) is 9.72. The van der Waals surface area contributed by atoms with Crippen LogP contribution in [0.5, 0.6) is 0 Å². The molecule has 0 saturated carbocycles. The first-order valence-corrected chi connectivity index (χ1v) is 9.72. The van der Waals surface area contributed by atoms with Gasteiger partial charge in [-0.25, -0.2) is 4.79 Å². The molecular formula is C24H21N3O3. The van der Waals surface area contributed by atoms with Crippen LogP contribution < -0.4 is 10.6 Å². The second-order valence-corrected chi connectivity index (χ2v) is 7.08. The van der Waals surface area contributed by atoms with Crippen LogP contribution >= 0.6 is 0 Å². The highest BCUT2D eigenvalue weighted by Gasteiger charge is 2.38. The summed E-state index contributed by atoms with van der Waals surface area (Å²) in [5.74, 6) is -0.822. The molecule has 1 fully saturated rings. The molecule has 0 radical (unpaired) electrons. The van der Waals surface area contributed by atoms with Crippen molar-refractivity contribution in [3.63, 3.8) is 0 Å². The van der Waals surface area contributed by atoms with E-state index >= 15 is 0 Å². The number of amides is 4. The lowest BCUT2D eigenvalue weighted by molar-refractivity contribution is -0.130. The number of imide groups is 1. The Balaban J connectivity index is 1.44. The Kier molecular flexibility index (Phi) is 5.57. The zero-order chi connectivity index (χ0) is 20.9. The highest BCUT2D eigenvalue weighted by atomic mass is 16.2. The Labute approximate surface area is 174 Å². The maximum Gasteiger partial charge on any atom is 0.325 e. The van der Waals surface area contributed by atoms with Gasteiger partial charge in [0.15, 0.2) is 0 Å². The average molecular weight is 399 g/mol. The summed E-state index contributed by atoms with van der Waals surface area (Å²) in [4.78, 5) is 38.5. The van der Waals surface area contributed by atoms with E-state index in [1.54, 1.807) is 6.07 Å². The Hall–Kier alpha value is -3.93. The number of nitrogens with zero attached hydrogens (tertiary/aromatic N) is 1. The standard InChI is InChI=1S/C24H21N3O3/c28-22(25-20-14-8-7-13-19(20)18-11-5-2-6-12-18)16-27-23(29)21(26-24(27)30)15-17-9-3-1-4-10-17/h1-14,21H,15-16H2,(H,25,28)(H,26,30). The topological polar surface area (TPSA) is 78.5 Å². The van der Waals surface area contributed by atoms with Crippen LogP contribution in [0.4, 0.5) is 10.5 Å². The summed E-state index contributed by atoms with van der Waals surface area (Å²) in [5, 5.41) is 5.49. The molecule has 0 spiro atoms. The number of carbonyl (C=O) groups is 3. The number of rotatable bonds is 6. The lowest BCUT2D eigenvalue weighted by atomic mass is 10.0. The van der Waals surface area contributed by atoms with Crippen molar-refractivity contribution in [2.75, 3.05) is 11.9 Å². The van der Waals surface area contributed by atoms with Crippen molar-refractivity contribution in [1.82, 2.24) is 10.2 Å². The van der Waals surface area contributed by atoms with Crippen molar-refractivity contribution in [2.45, 2.75) is 12.5 Å². The number of benzene rings is 3. The van der Waals surface area contributed by atoms with Crippen molar-refractivity contribution in [1.29, 1.82) is 0 Å². The Morgan fingerprint density at radius 1 is 0.867 bits per heavy atom. The van der Waals surface area contributed by atoms with Crippen LogP contribution in [-0.2, 0) is 16.0 Å². The molecule has 1 saturated heterocycles. The first kappa shape index (κ1) is 19.4. The quantitative estimate of drug-likeness (QED) is 0.623. The summed E-state index contributed by atoms with van der Waals surface area (Å²) in [6.07, 6.45) is 0.389. The van der Waals surface area contributed by atoms with Crippen LogP contribution in [0.25, 0.3) is 11.1 Å². The van der Waals surface area contributed by atoms with Crippen LogP contribution in [0, 0.1) is 0 Å². The molecule has 150 valence electrons. The molecule has 2 N–H and O–H groups in total. The molecule has 3 aromatic rings. The van der Waals surface area contributed by atoms with Gasteiger partial charge in [-0.3, -0.25) is 14.5 Å². The number of hydrogen-bond acceptors (Lipinski definition) is 3. The maximum atomic E-state index is 12.7. The number of nitrogens with one attached hydrogen (secondary N) is 2. The lowest BCUT2D eigenvalue weighted by Gasteiger charge is -2.15. The molecule has 30 heavy (non-hydrogen) atoms. The number of urea groups is 1. The van der Waals surface area contributed by atoms with Crippen LogP contribution in [-0.4, -0.2) is 35.3 Å². The van der Waals surface area contributed by atoms with E-state index in [4.69, 9.17) is 0 Å². The molecule has 1 aliphatic rings. The summed E-state index contributed by atoms with van der Waals surface area (Å²) >= 11 is 0. The number of para-hydroxylation sites is 1. The van der Waals surface area contributed by atoms with Crippen molar-refractivity contribution in [3.8, 4) is 11.1 Å². The van der Waals surface area contributed by atoms with Gasteiger partial charge in [0.1, 0.15) is 12.6 Å². The molecule has 1 aliphatic heterocycles. The average Bonchev–Trinajstić information content (AvgIpc) is 3.03. The fraction of sp³-hybridized carbons (Fsp3) is 0.125. The molecule has 6 nitrogen and oxygen atoms in total. The van der Waals surface area contributed by atoms with Crippen molar-refractivity contribution >= 4 is 23.5 Å². The first-order chi connectivity index (χ1) is 14.6. The van der Waals surface area contributed by atoms with Gasteiger partial charge in [-0.1, -0.05) is 78.9 Å². The minimum atomic E-state index is -0.663. The zero-order valence-corrected chi connectivity index (χ0v) is 16.2. The summed E-state index contributed by atoms with van der Waals surface area (Å²) in [7, 11) is 0. The predicted molar refractivity (Wildman–Crippen MR) is 115 cm³/mol. The van der Waals surface area contributed by atoms with Gasteiger partial charge in [0.05, 0.1) is 0 Å². The van der Waals surface area contributed by atoms with E-state index in [9.17, 15) is 14.4 Å². The van der Waals surface area contributed by atoms with Crippen LogP contribution in [0.1, 0.15) is 5.56 Å². The molecule has 0 aliphatic carbocycles. The molecule has 4 rings (SSSR count). The smallest absolute Gasteiger partial charge is 0.325 e. The van der Waals surface area contributed by atoms with Gasteiger partial charge in [-0.15, -0.1) is 0 Å². The largest absolute Gasteiger partial charge is 0.325 e. The molecular weight excluding hydrogens is 378 g/mol. The lowest BCUT2D eigenvalue weighted by Crippen LogP contribution is -2.38. The predicted octanol–water partition coefficient (Wildman–Crippen LogP) is 3.46. The Bertz CT molecular complexity index is 1070. The number of hydrogen-bond donors (Lipinski definition) is 2. The molecule has 0 bridgehead atoms. The molecule has 0 aromatic heterocycles. The second-order valence-electron chi connectivity index (χ2n) is 7.08. The van der Waals surface area contributed by atoms with Gasteiger partial charge in [0, 0.05) is 17.7 Å². The van der Waals surface area contributed by atoms with Gasteiger partial charge in [-0.05, 0) is 17.2 Å². The Morgan fingerprint density at radius 2 is 1.50 bits per heavy atom. The molecule has 1 atom stereocenters. The SMILES string of the molecule is O=C(CN1C(=O)NC(Cc2ccccc2)C1=O)Nc1ccccc1-c1ccccc1. The minimum absolute atomic E-state index is 0.334. The summed E-state index contributed by atoms with van der Waals surface area (Å²) in [6.45, 7) is -0.334. The third-order valence-corrected chi connectivity index (χ3v) is 4.98. The van der Waals surface area contributed by atoms with Gasteiger partial charge in [0.2, 0.25) is 5.91 Å². The number of anilines is 1. The fourth-order valence-electron chi connectivity index (χ4n) is 3.51. The van der Waals surface area contributed by atoms with E-state index in [2.05, 4.69) is 10.6 Å². The fourth-order valence-corrected chi connectivity index (χ4v) is 3.51. The van der Waals surface area contributed by atoms with E-state index in [1.807, 2.05) is 78.9 Å². The van der Waals surface area contributed by atoms with E-state index in [0.29, 0.717) is 12.1 Å². The van der Waals surface area contributed by atoms with E-state index < -0.39 is 23.9 Å². The maximum absolute atomic E-state index is 12.7. The molecule has 4 amide bonds. The third kappa shape index (κ3) is 4.22. The van der Waals surface area contributed by atoms with Crippen LogP contribution in [0.15, 0.2) is 84.9 Å². The van der Waals surface area contributed by atoms with Crippen LogP contribution in [0.2, 0.25) is 0 Å². The van der Waals surface area contributed by atoms with E-state index in [1.165, 1.54) is 0 Å². The van der Waals surface area contributed by atoms with Crippen molar-refractivity contribution in [3.05, 3.63) is 90.5 Å². The van der Waals surface area contributed by atoms with Gasteiger partial charge in [-0.2, -0.15) is 0 Å². The second kappa shape index (κ2) is 8.61. The molecule has 6 heteroatoms. The normalized spacial score (nSPS) is 15.7. The highest BCUT2D eigenvalue weighted by molar-refractivity contribution is 6.08. The highest BCUT2D eigenvalue weighted by Crippen LogP contribution is 2.27.